The molecule has 0 aliphatic rings. The van der Waals surface area contributed by atoms with Gasteiger partial charge in [-0.2, -0.15) is 0 Å². The molecule has 126 valence electrons. The SMILES string of the molecule is CCOC(=O)c1ccc(NC(=O)Nc2cccc(OC)c2)c(C)c1. The molecule has 24 heavy (non-hydrogen) atoms. The number of esters is 1. The Morgan fingerprint density at radius 2 is 1.88 bits per heavy atom. The van der Waals surface area contributed by atoms with E-state index >= 15 is 0 Å². The fraction of sp³-hybridized carbons (Fsp3) is 0.222. The van der Waals surface area contributed by atoms with Crippen LogP contribution in [0.4, 0.5) is 16.2 Å². The molecule has 2 rings (SSSR count). The van der Waals surface area contributed by atoms with E-state index in [0.717, 1.165) is 5.56 Å². The van der Waals surface area contributed by atoms with Crippen molar-refractivity contribution >= 4 is 23.4 Å². The average molecular weight is 328 g/mol. The second-order valence-electron chi connectivity index (χ2n) is 5.06. The molecule has 0 heterocycles. The molecule has 0 fully saturated rings. The lowest BCUT2D eigenvalue weighted by molar-refractivity contribution is 0.0526. The maximum atomic E-state index is 12.1. The van der Waals surface area contributed by atoms with Crippen LogP contribution in [0.15, 0.2) is 42.5 Å². The molecule has 0 spiro atoms. The third-order valence-electron chi connectivity index (χ3n) is 3.31. The number of amides is 2. The Kier molecular flexibility index (Phi) is 5.78. The molecule has 2 amide bonds. The lowest BCUT2D eigenvalue weighted by atomic mass is 10.1. The summed E-state index contributed by atoms with van der Waals surface area (Å²) in [6, 6.07) is 11.7. The zero-order valence-corrected chi connectivity index (χ0v) is 13.9. The largest absolute Gasteiger partial charge is 0.497 e. The summed E-state index contributed by atoms with van der Waals surface area (Å²) in [5.74, 6) is 0.274. The minimum atomic E-state index is -0.381. The molecule has 0 bridgehead atoms. The van der Waals surface area contributed by atoms with E-state index in [-0.39, 0.29) is 12.0 Å². The predicted molar refractivity (Wildman–Crippen MR) is 92.8 cm³/mol. The van der Waals surface area contributed by atoms with Gasteiger partial charge in [-0.05, 0) is 49.7 Å². The molecule has 0 aliphatic carbocycles. The molecular weight excluding hydrogens is 308 g/mol. The van der Waals surface area contributed by atoms with E-state index < -0.39 is 0 Å². The fourth-order valence-corrected chi connectivity index (χ4v) is 2.13. The first kappa shape index (κ1) is 17.3. The number of nitrogens with one attached hydrogen (secondary N) is 2. The molecule has 0 saturated heterocycles. The number of anilines is 2. The van der Waals surface area contributed by atoms with E-state index in [2.05, 4.69) is 10.6 Å². The van der Waals surface area contributed by atoms with Crippen LogP contribution in [0.1, 0.15) is 22.8 Å². The van der Waals surface area contributed by atoms with Gasteiger partial charge in [0.25, 0.3) is 0 Å². The first-order chi connectivity index (χ1) is 11.5. The van der Waals surface area contributed by atoms with E-state index in [0.29, 0.717) is 29.3 Å². The number of benzene rings is 2. The van der Waals surface area contributed by atoms with Crippen molar-refractivity contribution in [2.45, 2.75) is 13.8 Å². The van der Waals surface area contributed by atoms with E-state index in [1.807, 2.05) is 6.92 Å². The maximum Gasteiger partial charge on any atom is 0.338 e. The minimum absolute atomic E-state index is 0.320. The van der Waals surface area contributed by atoms with E-state index in [4.69, 9.17) is 9.47 Å². The number of urea groups is 1. The summed E-state index contributed by atoms with van der Waals surface area (Å²) in [5, 5.41) is 5.48. The van der Waals surface area contributed by atoms with Crippen LogP contribution in [0.5, 0.6) is 5.75 Å². The smallest absolute Gasteiger partial charge is 0.338 e. The number of methoxy groups -OCH3 is 1. The number of hydrogen-bond acceptors (Lipinski definition) is 4. The van der Waals surface area contributed by atoms with Crippen LogP contribution in [0.3, 0.4) is 0 Å². The van der Waals surface area contributed by atoms with Gasteiger partial charge in [0.1, 0.15) is 5.75 Å². The summed E-state index contributed by atoms with van der Waals surface area (Å²) in [5.41, 5.74) is 2.45. The number of rotatable bonds is 5. The Hall–Kier alpha value is -3.02. The topological polar surface area (TPSA) is 76.7 Å². The first-order valence-corrected chi connectivity index (χ1v) is 7.53. The Labute approximate surface area is 140 Å². The van der Waals surface area contributed by atoms with Crippen molar-refractivity contribution < 1.29 is 19.1 Å². The molecule has 0 aliphatic heterocycles. The van der Waals surface area contributed by atoms with Crippen molar-refractivity contribution in [1.29, 1.82) is 0 Å². The van der Waals surface area contributed by atoms with Gasteiger partial charge in [0.15, 0.2) is 0 Å². The summed E-state index contributed by atoms with van der Waals surface area (Å²) < 4.78 is 10.1. The van der Waals surface area contributed by atoms with Crippen LogP contribution in [0.25, 0.3) is 0 Å². The van der Waals surface area contributed by atoms with Crippen molar-refractivity contribution in [3.63, 3.8) is 0 Å². The van der Waals surface area contributed by atoms with Gasteiger partial charge in [-0.25, -0.2) is 9.59 Å². The number of aryl methyl sites for hydroxylation is 1. The van der Waals surface area contributed by atoms with Gasteiger partial charge in [0, 0.05) is 17.4 Å². The van der Waals surface area contributed by atoms with Crippen molar-refractivity contribution in [2.24, 2.45) is 0 Å². The fourth-order valence-electron chi connectivity index (χ4n) is 2.13. The van der Waals surface area contributed by atoms with Crippen LogP contribution in [-0.4, -0.2) is 25.7 Å². The summed E-state index contributed by atoms with van der Waals surface area (Å²) in [4.78, 5) is 23.8. The normalized spacial score (nSPS) is 9.96. The first-order valence-electron chi connectivity index (χ1n) is 7.53. The second-order valence-corrected chi connectivity index (χ2v) is 5.06. The van der Waals surface area contributed by atoms with Gasteiger partial charge in [-0.3, -0.25) is 0 Å². The number of ether oxygens (including phenoxy) is 2. The Balaban J connectivity index is 2.04. The van der Waals surface area contributed by atoms with Crippen LogP contribution in [0, 0.1) is 6.92 Å². The van der Waals surface area contributed by atoms with Crippen LogP contribution in [-0.2, 0) is 4.74 Å². The third kappa shape index (κ3) is 4.49. The molecule has 0 radical (unpaired) electrons. The molecule has 0 atom stereocenters. The monoisotopic (exact) mass is 328 g/mol. The van der Waals surface area contributed by atoms with Gasteiger partial charge in [0.2, 0.25) is 0 Å². The maximum absolute atomic E-state index is 12.1. The van der Waals surface area contributed by atoms with E-state index in [1.54, 1.807) is 56.5 Å². The van der Waals surface area contributed by atoms with Gasteiger partial charge in [-0.15, -0.1) is 0 Å². The molecule has 2 aromatic rings. The van der Waals surface area contributed by atoms with Gasteiger partial charge in [-0.1, -0.05) is 6.07 Å². The predicted octanol–water partition coefficient (Wildman–Crippen LogP) is 3.82. The summed E-state index contributed by atoms with van der Waals surface area (Å²) in [6.45, 7) is 3.88. The third-order valence-corrected chi connectivity index (χ3v) is 3.31. The molecule has 0 saturated carbocycles. The molecule has 6 nitrogen and oxygen atoms in total. The average Bonchev–Trinajstić information content (AvgIpc) is 2.57. The van der Waals surface area contributed by atoms with Crippen molar-refractivity contribution in [2.75, 3.05) is 24.4 Å². The van der Waals surface area contributed by atoms with E-state index in [1.165, 1.54) is 0 Å². The number of hydrogen-bond donors (Lipinski definition) is 2. The van der Waals surface area contributed by atoms with Crippen molar-refractivity contribution in [1.82, 2.24) is 0 Å². The van der Waals surface area contributed by atoms with Gasteiger partial charge in [0.05, 0.1) is 19.3 Å². The summed E-state index contributed by atoms with van der Waals surface area (Å²) >= 11 is 0. The van der Waals surface area contributed by atoms with E-state index in [9.17, 15) is 9.59 Å². The lowest BCUT2D eigenvalue weighted by Crippen LogP contribution is -2.20. The highest BCUT2D eigenvalue weighted by atomic mass is 16.5. The second kappa shape index (κ2) is 8.01. The molecule has 2 N–H and O–H groups in total. The van der Waals surface area contributed by atoms with Gasteiger partial charge >= 0.3 is 12.0 Å². The number of carbonyl (C=O) groups is 2. The quantitative estimate of drug-likeness (QED) is 0.818. The zero-order valence-electron chi connectivity index (χ0n) is 13.9. The Morgan fingerprint density at radius 1 is 1.08 bits per heavy atom. The lowest BCUT2D eigenvalue weighted by Gasteiger charge is -2.11. The Morgan fingerprint density at radius 3 is 2.54 bits per heavy atom. The Bertz CT molecular complexity index is 744. The van der Waals surface area contributed by atoms with Crippen LogP contribution >= 0.6 is 0 Å². The minimum Gasteiger partial charge on any atom is -0.497 e. The zero-order chi connectivity index (χ0) is 17.5. The molecule has 6 heteroatoms. The standard InChI is InChI=1S/C18H20N2O4/c1-4-24-17(21)13-8-9-16(12(2)10-13)20-18(22)19-14-6-5-7-15(11-14)23-3/h5-11H,4H2,1-3H3,(H2,19,20,22). The van der Waals surface area contributed by atoms with Crippen LogP contribution in [0.2, 0.25) is 0 Å². The number of carbonyl (C=O) groups excluding carboxylic acids is 2. The highest BCUT2D eigenvalue weighted by Crippen LogP contribution is 2.19. The summed E-state index contributed by atoms with van der Waals surface area (Å²) in [6.07, 6.45) is 0. The molecular formula is C18H20N2O4. The van der Waals surface area contributed by atoms with Gasteiger partial charge < -0.3 is 20.1 Å². The molecule has 0 unspecified atom stereocenters. The van der Waals surface area contributed by atoms with Crippen molar-refractivity contribution in [3.05, 3.63) is 53.6 Å². The summed E-state index contributed by atoms with van der Waals surface area (Å²) in [7, 11) is 1.56. The van der Waals surface area contributed by atoms with Crippen LogP contribution < -0.4 is 15.4 Å². The highest BCUT2D eigenvalue weighted by molar-refractivity contribution is 6.00. The highest BCUT2D eigenvalue weighted by Gasteiger charge is 2.10. The molecule has 0 aromatic heterocycles. The van der Waals surface area contributed by atoms with Crippen molar-refractivity contribution in [3.8, 4) is 5.75 Å². The molecule has 2 aromatic carbocycles.